The first-order chi connectivity index (χ1) is 10.5. The summed E-state index contributed by atoms with van der Waals surface area (Å²) in [4.78, 5) is 17.6. The molecule has 8 heteroatoms. The molecule has 0 spiro atoms. The zero-order valence-corrected chi connectivity index (χ0v) is 15.6. The standard InChI is InChI=1S/C14H7Br2FN2OS2/c15-9-5-7(17)1-2-8(9)13(20)19-14-18-10(6-21-14)11-3-4-12(16)22-11/h1-6H,(H,18,19,20). The third-order valence-corrected chi connectivity index (χ3v) is 5.79. The molecule has 1 aromatic carbocycles. The summed E-state index contributed by atoms with van der Waals surface area (Å²) < 4.78 is 14.5. The second kappa shape index (κ2) is 6.57. The van der Waals surface area contributed by atoms with Gasteiger partial charge < -0.3 is 0 Å². The van der Waals surface area contributed by atoms with E-state index in [-0.39, 0.29) is 5.91 Å². The van der Waals surface area contributed by atoms with Gasteiger partial charge in [-0.3, -0.25) is 10.1 Å². The summed E-state index contributed by atoms with van der Waals surface area (Å²) in [5.74, 6) is -0.733. The fourth-order valence-electron chi connectivity index (χ4n) is 1.73. The van der Waals surface area contributed by atoms with Crippen LogP contribution in [-0.2, 0) is 0 Å². The van der Waals surface area contributed by atoms with Crippen LogP contribution in [0.15, 0.2) is 44.0 Å². The number of hydrogen-bond acceptors (Lipinski definition) is 4. The number of thiazole rings is 1. The normalized spacial score (nSPS) is 10.7. The van der Waals surface area contributed by atoms with Crippen molar-refractivity contribution in [3.05, 3.63) is 55.4 Å². The quantitative estimate of drug-likeness (QED) is 0.536. The van der Waals surface area contributed by atoms with Crippen LogP contribution in [0.4, 0.5) is 9.52 Å². The molecule has 3 nitrogen and oxygen atoms in total. The molecule has 0 bridgehead atoms. The van der Waals surface area contributed by atoms with Gasteiger partial charge in [0.25, 0.3) is 5.91 Å². The summed E-state index contributed by atoms with van der Waals surface area (Å²) in [6.45, 7) is 0. The molecule has 1 N–H and O–H groups in total. The number of thiophene rings is 1. The van der Waals surface area contributed by atoms with Gasteiger partial charge in [-0.05, 0) is 62.2 Å². The first-order valence-electron chi connectivity index (χ1n) is 6.00. The molecule has 0 saturated heterocycles. The SMILES string of the molecule is O=C(Nc1nc(-c2ccc(Br)s2)cs1)c1ccc(F)cc1Br. The number of halogens is 3. The van der Waals surface area contributed by atoms with Crippen molar-refractivity contribution in [2.75, 3.05) is 5.32 Å². The highest BCUT2D eigenvalue weighted by atomic mass is 79.9. The summed E-state index contributed by atoms with van der Waals surface area (Å²) >= 11 is 9.51. The Balaban J connectivity index is 1.79. The van der Waals surface area contributed by atoms with Crippen LogP contribution < -0.4 is 5.32 Å². The van der Waals surface area contributed by atoms with E-state index >= 15 is 0 Å². The van der Waals surface area contributed by atoms with Crippen LogP contribution >= 0.6 is 54.5 Å². The number of amides is 1. The van der Waals surface area contributed by atoms with Gasteiger partial charge >= 0.3 is 0 Å². The minimum Gasteiger partial charge on any atom is -0.298 e. The highest BCUT2D eigenvalue weighted by molar-refractivity contribution is 9.11. The van der Waals surface area contributed by atoms with E-state index in [1.165, 1.54) is 29.5 Å². The molecule has 22 heavy (non-hydrogen) atoms. The van der Waals surface area contributed by atoms with E-state index in [9.17, 15) is 9.18 Å². The zero-order chi connectivity index (χ0) is 15.7. The number of carbonyl (C=O) groups excluding carboxylic acids is 1. The van der Waals surface area contributed by atoms with E-state index in [0.29, 0.717) is 15.2 Å². The van der Waals surface area contributed by atoms with Crippen molar-refractivity contribution >= 4 is 65.6 Å². The van der Waals surface area contributed by atoms with Crippen molar-refractivity contribution in [3.63, 3.8) is 0 Å². The minimum atomic E-state index is -0.400. The topological polar surface area (TPSA) is 42.0 Å². The zero-order valence-electron chi connectivity index (χ0n) is 10.8. The second-order valence-corrected chi connectivity index (χ2v) is 8.40. The summed E-state index contributed by atoms with van der Waals surface area (Å²) in [5, 5.41) is 5.11. The third-order valence-electron chi connectivity index (χ3n) is 2.73. The lowest BCUT2D eigenvalue weighted by Crippen LogP contribution is -2.12. The number of nitrogens with zero attached hydrogens (tertiary/aromatic N) is 1. The summed E-state index contributed by atoms with van der Waals surface area (Å²) in [6, 6.07) is 7.85. The number of hydrogen-bond donors (Lipinski definition) is 1. The largest absolute Gasteiger partial charge is 0.298 e. The molecule has 0 saturated carbocycles. The van der Waals surface area contributed by atoms with Crippen LogP contribution in [-0.4, -0.2) is 10.9 Å². The van der Waals surface area contributed by atoms with Crippen LogP contribution in [0.25, 0.3) is 10.6 Å². The number of anilines is 1. The first-order valence-corrected chi connectivity index (χ1v) is 9.29. The van der Waals surface area contributed by atoms with E-state index in [0.717, 1.165) is 14.4 Å². The molecule has 112 valence electrons. The summed E-state index contributed by atoms with van der Waals surface area (Å²) in [7, 11) is 0. The molecule has 0 fully saturated rings. The Morgan fingerprint density at radius 3 is 2.73 bits per heavy atom. The van der Waals surface area contributed by atoms with E-state index in [1.54, 1.807) is 11.3 Å². The highest BCUT2D eigenvalue weighted by Crippen LogP contribution is 2.33. The Labute approximate surface area is 150 Å². The highest BCUT2D eigenvalue weighted by Gasteiger charge is 2.14. The van der Waals surface area contributed by atoms with Gasteiger partial charge in [0.2, 0.25) is 0 Å². The van der Waals surface area contributed by atoms with Crippen LogP contribution in [0.3, 0.4) is 0 Å². The molecule has 0 radical (unpaired) electrons. The molecule has 0 aliphatic carbocycles. The van der Waals surface area contributed by atoms with E-state index < -0.39 is 5.82 Å². The molecule has 3 aromatic rings. The Hall–Kier alpha value is -1.09. The molecule has 1 amide bonds. The van der Waals surface area contributed by atoms with Crippen molar-refractivity contribution in [2.45, 2.75) is 0 Å². The molecular weight excluding hydrogens is 455 g/mol. The maximum Gasteiger partial charge on any atom is 0.258 e. The summed E-state index contributed by atoms with van der Waals surface area (Å²) in [5.41, 5.74) is 1.17. The van der Waals surface area contributed by atoms with Gasteiger partial charge in [-0.2, -0.15) is 0 Å². The van der Waals surface area contributed by atoms with Crippen LogP contribution in [0.1, 0.15) is 10.4 Å². The number of carbonyl (C=O) groups is 1. The van der Waals surface area contributed by atoms with Crippen molar-refractivity contribution in [1.29, 1.82) is 0 Å². The number of aromatic nitrogens is 1. The maximum atomic E-state index is 13.1. The van der Waals surface area contributed by atoms with E-state index in [2.05, 4.69) is 42.2 Å². The van der Waals surface area contributed by atoms with Crippen molar-refractivity contribution < 1.29 is 9.18 Å². The van der Waals surface area contributed by atoms with Gasteiger partial charge in [0.1, 0.15) is 5.82 Å². The average Bonchev–Trinajstić information content (AvgIpc) is 3.07. The molecule has 0 aliphatic heterocycles. The lowest BCUT2D eigenvalue weighted by atomic mass is 10.2. The van der Waals surface area contributed by atoms with Gasteiger partial charge in [-0.25, -0.2) is 9.37 Å². The predicted octanol–water partition coefficient (Wildman–Crippen LogP) is 5.79. The van der Waals surface area contributed by atoms with Gasteiger partial charge in [0.05, 0.1) is 19.9 Å². The Morgan fingerprint density at radius 2 is 2.05 bits per heavy atom. The fourth-order valence-corrected chi connectivity index (χ4v) is 4.39. The summed E-state index contributed by atoms with van der Waals surface area (Å²) in [6.07, 6.45) is 0. The van der Waals surface area contributed by atoms with Crippen LogP contribution in [0.5, 0.6) is 0 Å². The van der Waals surface area contributed by atoms with Crippen LogP contribution in [0.2, 0.25) is 0 Å². The predicted molar refractivity (Wildman–Crippen MR) is 95.2 cm³/mol. The second-order valence-electron chi connectivity index (χ2n) is 4.22. The molecule has 3 rings (SSSR count). The lowest BCUT2D eigenvalue weighted by Gasteiger charge is -2.04. The van der Waals surface area contributed by atoms with E-state index in [4.69, 9.17) is 0 Å². The number of benzene rings is 1. The first kappa shape index (κ1) is 15.8. The van der Waals surface area contributed by atoms with Gasteiger partial charge in [0.15, 0.2) is 5.13 Å². The minimum absolute atomic E-state index is 0.333. The monoisotopic (exact) mass is 460 g/mol. The molecule has 0 atom stereocenters. The van der Waals surface area contributed by atoms with Crippen molar-refractivity contribution in [3.8, 4) is 10.6 Å². The van der Waals surface area contributed by atoms with E-state index in [1.807, 2.05) is 17.5 Å². The van der Waals surface area contributed by atoms with Crippen LogP contribution in [0, 0.1) is 5.82 Å². The molecule has 0 aliphatic rings. The number of rotatable bonds is 3. The molecule has 2 aromatic heterocycles. The maximum absolute atomic E-state index is 13.1. The number of nitrogens with one attached hydrogen (secondary N) is 1. The lowest BCUT2D eigenvalue weighted by molar-refractivity contribution is 0.102. The molecule has 2 heterocycles. The average molecular weight is 462 g/mol. The van der Waals surface area contributed by atoms with Gasteiger partial charge in [-0.1, -0.05) is 0 Å². The van der Waals surface area contributed by atoms with Crippen molar-refractivity contribution in [1.82, 2.24) is 4.98 Å². The van der Waals surface area contributed by atoms with Gasteiger partial charge in [-0.15, -0.1) is 22.7 Å². The third kappa shape index (κ3) is 3.45. The Bertz CT molecular complexity index is 847. The smallest absolute Gasteiger partial charge is 0.258 e. The Kier molecular flexibility index (Phi) is 4.72. The van der Waals surface area contributed by atoms with Gasteiger partial charge in [0, 0.05) is 9.85 Å². The molecular formula is C14H7Br2FN2OS2. The molecule has 0 unspecified atom stereocenters. The fraction of sp³-hybridized carbons (Fsp3) is 0. The Morgan fingerprint density at radius 1 is 1.23 bits per heavy atom. The van der Waals surface area contributed by atoms with Crippen molar-refractivity contribution in [2.24, 2.45) is 0 Å².